The summed E-state index contributed by atoms with van der Waals surface area (Å²) in [6.45, 7) is 0. The molecule has 1 amide bonds. The van der Waals surface area contributed by atoms with Crippen molar-refractivity contribution in [3.8, 4) is 0 Å². The van der Waals surface area contributed by atoms with Gasteiger partial charge in [0.25, 0.3) is 0 Å². The molecule has 0 saturated heterocycles. The minimum atomic E-state index is -1.43. The van der Waals surface area contributed by atoms with Gasteiger partial charge in [-0.05, 0) is 18.9 Å². The number of anilines is 1. The zero-order valence-electron chi connectivity index (χ0n) is 14.8. The number of Topliss-reactive ketones (excluding diaryl/α,β-unsaturated/α-hetero) is 2. The third-order valence-corrected chi connectivity index (χ3v) is 5.84. The number of ketones is 2. The summed E-state index contributed by atoms with van der Waals surface area (Å²) in [5, 5.41) is 3.15. The molecule has 3 heterocycles. The maximum absolute atomic E-state index is 13.7. The van der Waals surface area contributed by atoms with Gasteiger partial charge in [-0.3, -0.25) is 14.4 Å². The second-order valence-corrected chi connectivity index (χ2v) is 7.31. The summed E-state index contributed by atoms with van der Waals surface area (Å²) in [5.74, 6) is -0.141. The van der Waals surface area contributed by atoms with E-state index in [1.165, 1.54) is 4.90 Å². The molecule has 0 radical (unpaired) electrons. The molecule has 5 rings (SSSR count). The van der Waals surface area contributed by atoms with Gasteiger partial charge in [0.15, 0.2) is 11.6 Å². The van der Waals surface area contributed by atoms with E-state index >= 15 is 0 Å². The molecule has 3 aliphatic heterocycles. The number of fused-ring (bicyclic) bond motifs is 4. The van der Waals surface area contributed by atoms with Crippen molar-refractivity contribution in [1.29, 1.82) is 0 Å². The van der Waals surface area contributed by atoms with E-state index < -0.39 is 5.41 Å². The molecule has 136 valence electrons. The van der Waals surface area contributed by atoms with Crippen molar-refractivity contribution in [3.05, 3.63) is 52.5 Å². The highest BCUT2D eigenvalue weighted by Crippen LogP contribution is 2.55. The van der Waals surface area contributed by atoms with E-state index in [9.17, 15) is 14.4 Å². The van der Waals surface area contributed by atoms with Crippen LogP contribution in [0.2, 0.25) is 0 Å². The Morgan fingerprint density at radius 1 is 1.11 bits per heavy atom. The van der Waals surface area contributed by atoms with Gasteiger partial charge in [-0.1, -0.05) is 18.2 Å². The Morgan fingerprint density at radius 3 is 2.70 bits per heavy atom. The maximum atomic E-state index is 13.7. The molecule has 27 heavy (non-hydrogen) atoms. The molecule has 4 aliphatic rings. The van der Waals surface area contributed by atoms with E-state index in [2.05, 4.69) is 10.3 Å². The fraction of sp³-hybridized carbons (Fsp3) is 0.300. The maximum Gasteiger partial charge on any atom is 0.246 e. The lowest BCUT2D eigenvalue weighted by Crippen LogP contribution is -2.52. The Morgan fingerprint density at radius 2 is 1.89 bits per heavy atom. The number of carbonyl (C=O) groups excluding carboxylic acids is 3. The third-order valence-electron chi connectivity index (χ3n) is 5.84. The van der Waals surface area contributed by atoms with Crippen LogP contribution < -0.4 is 16.0 Å². The van der Waals surface area contributed by atoms with Crippen molar-refractivity contribution in [2.24, 2.45) is 10.7 Å². The molecule has 3 N–H and O–H groups in total. The van der Waals surface area contributed by atoms with Crippen LogP contribution in [0.15, 0.2) is 51.9 Å². The monoisotopic (exact) mass is 362 g/mol. The number of nitrogens with one attached hydrogen (secondary N) is 1. The number of nitrogens with zero attached hydrogens (tertiary/aromatic N) is 2. The number of hydrogen-bond donors (Lipinski definition) is 2. The molecule has 7 nitrogen and oxygen atoms in total. The van der Waals surface area contributed by atoms with E-state index in [4.69, 9.17) is 5.73 Å². The highest BCUT2D eigenvalue weighted by Gasteiger charge is 2.62. The van der Waals surface area contributed by atoms with E-state index in [0.29, 0.717) is 47.6 Å². The molecule has 0 fully saturated rings. The van der Waals surface area contributed by atoms with Crippen LogP contribution >= 0.6 is 0 Å². The molecule has 1 spiro atoms. The fourth-order valence-electron chi connectivity index (χ4n) is 4.82. The normalized spacial score (nSPS) is 26.8. The van der Waals surface area contributed by atoms with Gasteiger partial charge in [0.05, 0.1) is 12.0 Å². The lowest BCUT2D eigenvalue weighted by Gasteiger charge is -2.41. The van der Waals surface area contributed by atoms with E-state index in [1.54, 1.807) is 7.05 Å². The minimum Gasteiger partial charge on any atom is -0.387 e. The average molecular weight is 362 g/mol. The first-order valence-electron chi connectivity index (χ1n) is 8.98. The predicted molar refractivity (Wildman–Crippen MR) is 98.8 cm³/mol. The first-order valence-corrected chi connectivity index (χ1v) is 8.98. The molecule has 0 saturated carbocycles. The summed E-state index contributed by atoms with van der Waals surface area (Å²) < 4.78 is 0. The third kappa shape index (κ3) is 1.81. The summed E-state index contributed by atoms with van der Waals surface area (Å²) in [4.78, 5) is 45.7. The molecule has 0 aromatic heterocycles. The van der Waals surface area contributed by atoms with E-state index in [1.807, 2.05) is 24.3 Å². The highest BCUT2D eigenvalue weighted by molar-refractivity contribution is 6.26. The molecule has 1 atom stereocenters. The molecule has 1 unspecified atom stereocenters. The molecule has 0 bridgehead atoms. The van der Waals surface area contributed by atoms with Crippen molar-refractivity contribution in [2.75, 3.05) is 11.9 Å². The Labute approximate surface area is 155 Å². The van der Waals surface area contributed by atoms with Crippen LogP contribution in [0.4, 0.5) is 5.69 Å². The number of rotatable bonds is 0. The van der Waals surface area contributed by atoms with Crippen molar-refractivity contribution >= 4 is 29.0 Å². The zero-order chi connectivity index (χ0) is 18.9. The average Bonchev–Trinajstić information content (AvgIpc) is 2.84. The second kappa shape index (κ2) is 5.16. The van der Waals surface area contributed by atoms with Gasteiger partial charge in [0.2, 0.25) is 5.91 Å². The number of carbonyl (C=O) groups is 3. The number of allylic oxidation sites excluding steroid dienone is 1. The standard InChI is InChI=1S/C20H18N4O3/c1-24-12-7-3-2-5-10(12)20(19(24)27)16-11(6-4-8-13(16)25)22-18-17(20)14(26)9-15(21)23-18/h2-3,5,7,22H,4,6,8-9H2,1H3,(H2,21,23). The van der Waals surface area contributed by atoms with Crippen LogP contribution in [0.25, 0.3) is 0 Å². The fourth-order valence-corrected chi connectivity index (χ4v) is 4.82. The van der Waals surface area contributed by atoms with E-state index in [0.717, 1.165) is 0 Å². The van der Waals surface area contributed by atoms with Crippen LogP contribution in [-0.4, -0.2) is 30.4 Å². The Kier molecular flexibility index (Phi) is 3.05. The second-order valence-electron chi connectivity index (χ2n) is 7.31. The van der Waals surface area contributed by atoms with Crippen LogP contribution in [0.5, 0.6) is 0 Å². The van der Waals surface area contributed by atoms with E-state index in [-0.39, 0.29) is 35.3 Å². The zero-order valence-corrected chi connectivity index (χ0v) is 14.8. The van der Waals surface area contributed by atoms with Crippen molar-refractivity contribution < 1.29 is 14.4 Å². The molecule has 1 aromatic carbocycles. The first-order chi connectivity index (χ1) is 13.0. The minimum absolute atomic E-state index is 0.0573. The van der Waals surface area contributed by atoms with Crippen molar-refractivity contribution in [3.63, 3.8) is 0 Å². The van der Waals surface area contributed by atoms with Crippen LogP contribution in [-0.2, 0) is 19.8 Å². The first kappa shape index (κ1) is 16.0. The molecular formula is C20H18N4O3. The number of para-hydroxylation sites is 1. The summed E-state index contributed by atoms with van der Waals surface area (Å²) in [5.41, 5.74) is 7.11. The summed E-state index contributed by atoms with van der Waals surface area (Å²) in [6.07, 6.45) is 1.63. The summed E-state index contributed by atoms with van der Waals surface area (Å²) >= 11 is 0. The Hall–Kier alpha value is -3.22. The number of nitrogens with two attached hydrogens (primary N) is 1. The van der Waals surface area contributed by atoms with Gasteiger partial charge in [-0.25, -0.2) is 4.99 Å². The van der Waals surface area contributed by atoms with Crippen molar-refractivity contribution in [2.45, 2.75) is 31.1 Å². The number of hydrogen-bond acceptors (Lipinski definition) is 6. The molecule has 1 aromatic rings. The lowest BCUT2D eigenvalue weighted by atomic mass is 9.62. The van der Waals surface area contributed by atoms with Crippen molar-refractivity contribution in [1.82, 2.24) is 5.32 Å². The quantitative estimate of drug-likeness (QED) is 0.718. The van der Waals surface area contributed by atoms with Gasteiger partial charge in [0.1, 0.15) is 17.1 Å². The number of aliphatic imine (C=N–C) groups is 1. The van der Waals surface area contributed by atoms with Gasteiger partial charge < -0.3 is 16.0 Å². The largest absolute Gasteiger partial charge is 0.387 e. The van der Waals surface area contributed by atoms with Crippen LogP contribution in [0.3, 0.4) is 0 Å². The Balaban J connectivity index is 1.93. The Bertz CT molecular complexity index is 1050. The van der Waals surface area contributed by atoms with Gasteiger partial charge in [0, 0.05) is 36.0 Å². The number of amides is 1. The summed E-state index contributed by atoms with van der Waals surface area (Å²) in [7, 11) is 1.68. The topological polar surface area (TPSA) is 105 Å². The lowest BCUT2D eigenvalue weighted by molar-refractivity contribution is -0.125. The van der Waals surface area contributed by atoms with Crippen LogP contribution in [0, 0.1) is 0 Å². The van der Waals surface area contributed by atoms with Crippen LogP contribution in [0.1, 0.15) is 31.2 Å². The molecule has 7 heteroatoms. The number of dihydropyridines is 1. The molecule has 1 aliphatic carbocycles. The SMILES string of the molecule is CN1C(=O)C2(C3=C(CCCC3=O)NC3=C2C(=O)CC(N)=N3)c2ccccc21. The van der Waals surface area contributed by atoms with Gasteiger partial charge in [-0.15, -0.1) is 0 Å². The molecular weight excluding hydrogens is 344 g/mol. The number of benzene rings is 1. The summed E-state index contributed by atoms with van der Waals surface area (Å²) in [6, 6.07) is 7.33. The van der Waals surface area contributed by atoms with Gasteiger partial charge in [-0.2, -0.15) is 0 Å². The number of likely N-dealkylation sites (N-methyl/N-ethyl adjacent to an activating group) is 1. The highest BCUT2D eigenvalue weighted by atomic mass is 16.2. The number of amidine groups is 1. The van der Waals surface area contributed by atoms with Gasteiger partial charge >= 0.3 is 0 Å². The predicted octanol–water partition coefficient (Wildman–Crippen LogP) is 1.05. The smallest absolute Gasteiger partial charge is 0.246 e.